The molecule has 9 nitrogen and oxygen atoms in total. The van der Waals surface area contributed by atoms with Gasteiger partial charge in [0.1, 0.15) is 41.2 Å². The van der Waals surface area contributed by atoms with Crippen LogP contribution in [0.2, 0.25) is 0 Å². The Labute approximate surface area is 244 Å². The highest BCUT2D eigenvalue weighted by atomic mass is 16.6. The second kappa shape index (κ2) is 13.4. The minimum atomic E-state index is -0.962. The van der Waals surface area contributed by atoms with Crippen molar-refractivity contribution in [2.75, 3.05) is 5.32 Å². The summed E-state index contributed by atoms with van der Waals surface area (Å²) in [7, 11) is 0. The molecule has 214 valence electrons. The molecule has 4 aromatic carbocycles. The van der Waals surface area contributed by atoms with E-state index in [0.717, 1.165) is 5.56 Å². The third kappa shape index (κ3) is 8.84. The maximum atomic E-state index is 12.5. The van der Waals surface area contributed by atoms with Gasteiger partial charge in [0, 0.05) is 18.2 Å². The van der Waals surface area contributed by atoms with E-state index < -0.39 is 23.7 Å². The van der Waals surface area contributed by atoms with E-state index >= 15 is 0 Å². The molecule has 9 heteroatoms. The van der Waals surface area contributed by atoms with Gasteiger partial charge < -0.3 is 24.7 Å². The highest BCUT2D eigenvalue weighted by Gasteiger charge is 2.19. The number of nitriles is 1. The molecule has 0 fully saturated rings. The Kier molecular flexibility index (Phi) is 9.42. The highest BCUT2D eigenvalue weighted by Crippen LogP contribution is 2.33. The molecule has 0 saturated heterocycles. The summed E-state index contributed by atoms with van der Waals surface area (Å²) in [6, 6.07) is 28.7. The molecule has 3 N–H and O–H groups in total. The number of carbonyl (C=O) groups is 2. The average molecular weight is 566 g/mol. The molecule has 0 aliphatic carbocycles. The molecule has 0 aliphatic heterocycles. The largest absolute Gasteiger partial charge is 0.459 e. The summed E-state index contributed by atoms with van der Waals surface area (Å²) < 4.78 is 22.7. The summed E-state index contributed by atoms with van der Waals surface area (Å²) in [5, 5.41) is 11.7. The number of anilines is 1. The Morgan fingerprint density at radius 3 is 1.95 bits per heavy atom. The first kappa shape index (κ1) is 29.6. The Balaban J connectivity index is 1.48. The summed E-state index contributed by atoms with van der Waals surface area (Å²) in [4.78, 5) is 24.9. The van der Waals surface area contributed by atoms with E-state index in [0.29, 0.717) is 39.8 Å². The van der Waals surface area contributed by atoms with Crippen LogP contribution in [0.15, 0.2) is 97.1 Å². The minimum absolute atomic E-state index is 0.134. The van der Waals surface area contributed by atoms with Crippen molar-refractivity contribution in [3.8, 4) is 29.1 Å². The van der Waals surface area contributed by atoms with Crippen LogP contribution in [0, 0.1) is 11.3 Å². The third-order valence-electron chi connectivity index (χ3n) is 5.70. The zero-order valence-electron chi connectivity index (χ0n) is 23.5. The van der Waals surface area contributed by atoms with Crippen molar-refractivity contribution in [2.24, 2.45) is 5.73 Å². The lowest BCUT2D eigenvalue weighted by atomic mass is 10.1. The summed E-state index contributed by atoms with van der Waals surface area (Å²) in [5.74, 6) is 1.15. The van der Waals surface area contributed by atoms with Crippen LogP contribution in [0.3, 0.4) is 0 Å². The van der Waals surface area contributed by atoms with E-state index in [1.165, 1.54) is 0 Å². The first-order valence-corrected chi connectivity index (χ1v) is 13.1. The smallest absolute Gasteiger partial charge is 0.412 e. The number of nitrogens with one attached hydrogen (secondary N) is 1. The van der Waals surface area contributed by atoms with Gasteiger partial charge in [0.15, 0.2) is 0 Å². The number of benzene rings is 4. The van der Waals surface area contributed by atoms with Crippen molar-refractivity contribution in [3.05, 3.63) is 114 Å². The van der Waals surface area contributed by atoms with E-state index in [-0.39, 0.29) is 6.61 Å². The first-order valence-electron chi connectivity index (χ1n) is 13.1. The Hall–Kier alpha value is -5.33. The van der Waals surface area contributed by atoms with Crippen LogP contribution >= 0.6 is 0 Å². The van der Waals surface area contributed by atoms with Crippen molar-refractivity contribution in [1.82, 2.24) is 0 Å². The lowest BCUT2D eigenvalue weighted by Gasteiger charge is -2.20. The molecule has 0 radical (unpaired) electrons. The van der Waals surface area contributed by atoms with Crippen molar-refractivity contribution >= 4 is 17.7 Å². The molecule has 1 unspecified atom stereocenters. The predicted octanol–water partition coefficient (Wildman–Crippen LogP) is 7.23. The first-order chi connectivity index (χ1) is 20.1. The summed E-state index contributed by atoms with van der Waals surface area (Å²) >= 11 is 0. The van der Waals surface area contributed by atoms with Crippen LogP contribution < -0.4 is 20.5 Å². The third-order valence-corrected chi connectivity index (χ3v) is 5.70. The molecular formula is C33H31N3O6. The van der Waals surface area contributed by atoms with E-state index in [2.05, 4.69) is 11.4 Å². The number of ether oxygens (including phenoxy) is 4. The number of nitrogens with two attached hydrogens (primary N) is 1. The fourth-order valence-corrected chi connectivity index (χ4v) is 3.75. The molecule has 0 spiro atoms. The molecule has 42 heavy (non-hydrogen) atoms. The average Bonchev–Trinajstić information content (AvgIpc) is 2.95. The van der Waals surface area contributed by atoms with Crippen LogP contribution in [0.5, 0.6) is 23.0 Å². The lowest BCUT2D eigenvalue weighted by Crippen LogP contribution is -2.27. The van der Waals surface area contributed by atoms with Gasteiger partial charge in [-0.05, 0) is 68.3 Å². The van der Waals surface area contributed by atoms with Crippen LogP contribution in [0.4, 0.5) is 10.5 Å². The number of nitrogens with zero attached hydrogens (tertiary/aromatic N) is 1. The van der Waals surface area contributed by atoms with Crippen LogP contribution in [-0.2, 0) is 20.9 Å². The summed E-state index contributed by atoms with van der Waals surface area (Å²) in [6.07, 6.45) is -0.638. The maximum Gasteiger partial charge on any atom is 0.412 e. The fraction of sp³-hybridized carbons (Fsp3) is 0.182. The Bertz CT molecular complexity index is 1560. The van der Waals surface area contributed by atoms with E-state index in [1.54, 1.807) is 87.5 Å². The molecule has 0 heterocycles. The van der Waals surface area contributed by atoms with Gasteiger partial charge in [-0.2, -0.15) is 5.26 Å². The van der Waals surface area contributed by atoms with Gasteiger partial charge in [-0.25, -0.2) is 9.59 Å². The second-order valence-electron chi connectivity index (χ2n) is 10.3. The molecule has 0 aliphatic rings. The topological polar surface area (TPSA) is 133 Å². The van der Waals surface area contributed by atoms with Gasteiger partial charge in [-0.15, -0.1) is 0 Å². The molecule has 1 amide bonds. The highest BCUT2D eigenvalue weighted by molar-refractivity contribution is 5.85. The lowest BCUT2D eigenvalue weighted by molar-refractivity contribution is -0.146. The number of esters is 1. The second-order valence-corrected chi connectivity index (χ2v) is 10.3. The fourth-order valence-electron chi connectivity index (χ4n) is 3.75. The van der Waals surface area contributed by atoms with Gasteiger partial charge >= 0.3 is 12.1 Å². The standard InChI is InChI=1S/C33H31N3O6/c1-33(2,3)42-32(38)36-25-17-28(40-26-13-9-22(20-34)10-14-26)19-29(18-25)41-27-15-11-24(12-16-27)30(35)31(37)39-21-23-7-5-4-6-8-23/h4-19,30H,21,35H2,1-3H3,(H,36,38). The Morgan fingerprint density at radius 1 is 0.833 bits per heavy atom. The number of hydrogen-bond acceptors (Lipinski definition) is 8. The van der Waals surface area contributed by atoms with Crippen molar-refractivity contribution in [3.63, 3.8) is 0 Å². The molecule has 0 bridgehead atoms. The zero-order chi connectivity index (χ0) is 30.1. The summed E-state index contributed by atoms with van der Waals surface area (Å²) in [5.41, 5.74) is 7.75. The number of rotatable bonds is 9. The van der Waals surface area contributed by atoms with Crippen LogP contribution in [0.25, 0.3) is 0 Å². The molecule has 4 aromatic rings. The molecule has 0 aromatic heterocycles. The Morgan fingerprint density at radius 2 is 1.40 bits per heavy atom. The van der Waals surface area contributed by atoms with E-state index in [4.69, 9.17) is 29.9 Å². The van der Waals surface area contributed by atoms with Gasteiger partial charge in [0.05, 0.1) is 17.3 Å². The van der Waals surface area contributed by atoms with Gasteiger partial charge in [-0.1, -0.05) is 42.5 Å². The van der Waals surface area contributed by atoms with E-state index in [9.17, 15) is 9.59 Å². The van der Waals surface area contributed by atoms with Crippen LogP contribution in [-0.4, -0.2) is 17.7 Å². The quantitative estimate of drug-likeness (QED) is 0.203. The van der Waals surface area contributed by atoms with E-state index in [1.807, 2.05) is 30.3 Å². The number of hydrogen-bond donors (Lipinski definition) is 2. The molecular weight excluding hydrogens is 534 g/mol. The van der Waals surface area contributed by atoms with Gasteiger partial charge in [-0.3, -0.25) is 5.32 Å². The van der Waals surface area contributed by atoms with Crippen molar-refractivity contribution in [1.29, 1.82) is 5.26 Å². The normalized spacial score (nSPS) is 11.5. The summed E-state index contributed by atoms with van der Waals surface area (Å²) in [6.45, 7) is 5.44. The van der Waals surface area contributed by atoms with Crippen LogP contribution in [0.1, 0.15) is 43.5 Å². The maximum absolute atomic E-state index is 12.5. The monoisotopic (exact) mass is 565 g/mol. The SMILES string of the molecule is CC(C)(C)OC(=O)Nc1cc(Oc2ccc(C#N)cc2)cc(Oc2ccc(C(N)C(=O)OCc3ccccc3)cc2)c1. The molecule has 1 atom stereocenters. The van der Waals surface area contributed by atoms with Gasteiger partial charge in [0.2, 0.25) is 0 Å². The molecule has 4 rings (SSSR count). The predicted molar refractivity (Wildman–Crippen MR) is 157 cm³/mol. The van der Waals surface area contributed by atoms with Crippen molar-refractivity contribution in [2.45, 2.75) is 39.0 Å². The minimum Gasteiger partial charge on any atom is -0.459 e. The number of amides is 1. The van der Waals surface area contributed by atoms with Crippen molar-refractivity contribution < 1.29 is 28.5 Å². The van der Waals surface area contributed by atoms with Gasteiger partial charge in [0.25, 0.3) is 0 Å². The zero-order valence-corrected chi connectivity index (χ0v) is 23.5. The number of carbonyl (C=O) groups excluding carboxylic acids is 2. The molecule has 0 saturated carbocycles.